The van der Waals surface area contributed by atoms with Crippen LogP contribution in [0, 0.1) is 5.41 Å². The summed E-state index contributed by atoms with van der Waals surface area (Å²) in [5.74, 6) is -0.289. The number of nitrogens with zero attached hydrogens (tertiary/aromatic N) is 2. The lowest BCUT2D eigenvalue weighted by molar-refractivity contribution is 0.0942. The van der Waals surface area contributed by atoms with Gasteiger partial charge in [-0.2, -0.15) is 5.10 Å². The summed E-state index contributed by atoms with van der Waals surface area (Å²) < 4.78 is 2.01. The highest BCUT2D eigenvalue weighted by atomic mass is 16.2. The third kappa shape index (κ3) is 2.77. The van der Waals surface area contributed by atoms with Crippen molar-refractivity contribution in [1.82, 2.24) is 20.1 Å². The second-order valence-corrected chi connectivity index (χ2v) is 7.18. The van der Waals surface area contributed by atoms with E-state index in [1.807, 2.05) is 22.8 Å². The van der Waals surface area contributed by atoms with Gasteiger partial charge in [0.2, 0.25) is 0 Å². The number of rotatable bonds is 2. The number of benzene rings is 1. The van der Waals surface area contributed by atoms with Crippen molar-refractivity contribution in [3.63, 3.8) is 0 Å². The first-order valence-corrected chi connectivity index (χ1v) is 8.15. The molecule has 0 atom stereocenters. The van der Waals surface area contributed by atoms with E-state index in [1.165, 1.54) is 0 Å². The molecule has 1 aliphatic heterocycles. The van der Waals surface area contributed by atoms with Gasteiger partial charge in [0, 0.05) is 41.2 Å². The van der Waals surface area contributed by atoms with Crippen LogP contribution >= 0.6 is 0 Å². The van der Waals surface area contributed by atoms with Gasteiger partial charge >= 0.3 is 0 Å². The van der Waals surface area contributed by atoms with Gasteiger partial charge in [-0.1, -0.05) is 19.9 Å². The Hall–Kier alpha value is -3.09. The Morgan fingerprint density at radius 1 is 1.32 bits per heavy atom. The zero-order valence-corrected chi connectivity index (χ0v) is 14.1. The average molecular weight is 337 g/mol. The van der Waals surface area contributed by atoms with Gasteiger partial charge < -0.3 is 15.2 Å². The maximum absolute atomic E-state index is 12.5. The summed E-state index contributed by atoms with van der Waals surface area (Å²) >= 11 is 0. The fourth-order valence-corrected chi connectivity index (χ4v) is 3.17. The van der Waals surface area contributed by atoms with E-state index in [9.17, 15) is 9.59 Å². The van der Waals surface area contributed by atoms with Crippen molar-refractivity contribution in [2.75, 3.05) is 11.9 Å². The second kappa shape index (κ2) is 5.47. The number of fused-ring (bicyclic) bond motifs is 3. The van der Waals surface area contributed by atoms with E-state index in [2.05, 4.69) is 34.7 Å². The molecular weight excluding hydrogens is 318 g/mol. The molecule has 128 valence electrons. The molecule has 2 aromatic heterocycles. The molecule has 0 saturated carbocycles. The number of hydrogen-bond acceptors (Lipinski definition) is 3. The van der Waals surface area contributed by atoms with Gasteiger partial charge in [0.1, 0.15) is 5.69 Å². The normalized spacial score (nSPS) is 16.2. The highest BCUT2D eigenvalue weighted by Gasteiger charge is 2.28. The zero-order valence-electron chi connectivity index (χ0n) is 14.1. The van der Waals surface area contributed by atoms with Crippen molar-refractivity contribution in [2.24, 2.45) is 5.41 Å². The topological polar surface area (TPSA) is 91.8 Å². The van der Waals surface area contributed by atoms with Crippen molar-refractivity contribution in [3.8, 4) is 0 Å². The standard InChI is InChI=1S/C18H19N5O2/c1-18(2)9-19-17(25)15-5-11-3-4-12(6-14(11)23(15)10-18)16(24)22-13-7-20-21-8-13/h3-8H,9-10H2,1-2H3,(H,19,25)(H,20,21)(H,22,24). The Morgan fingerprint density at radius 2 is 2.16 bits per heavy atom. The maximum Gasteiger partial charge on any atom is 0.267 e. The van der Waals surface area contributed by atoms with E-state index in [1.54, 1.807) is 18.5 Å². The molecule has 7 heteroatoms. The smallest absolute Gasteiger partial charge is 0.267 e. The molecule has 0 fully saturated rings. The van der Waals surface area contributed by atoms with Crippen LogP contribution in [0.5, 0.6) is 0 Å². The van der Waals surface area contributed by atoms with Crippen LogP contribution in [0.25, 0.3) is 10.9 Å². The Balaban J connectivity index is 1.76. The van der Waals surface area contributed by atoms with E-state index in [0.29, 0.717) is 30.0 Å². The molecule has 7 nitrogen and oxygen atoms in total. The van der Waals surface area contributed by atoms with Crippen molar-refractivity contribution in [2.45, 2.75) is 20.4 Å². The van der Waals surface area contributed by atoms with Crippen LogP contribution in [0.1, 0.15) is 34.7 Å². The van der Waals surface area contributed by atoms with E-state index < -0.39 is 0 Å². The molecule has 0 saturated heterocycles. The van der Waals surface area contributed by atoms with Crippen LogP contribution in [0.2, 0.25) is 0 Å². The monoisotopic (exact) mass is 337 g/mol. The molecule has 2 amide bonds. The number of aromatic amines is 1. The number of aromatic nitrogens is 3. The molecule has 3 aromatic rings. The Bertz CT molecular complexity index is 969. The van der Waals surface area contributed by atoms with Gasteiger partial charge in [-0.15, -0.1) is 0 Å². The Kier molecular flexibility index (Phi) is 3.38. The molecule has 1 aromatic carbocycles. The fraction of sp³-hybridized carbons (Fsp3) is 0.278. The number of carbonyl (C=O) groups is 2. The maximum atomic E-state index is 12.5. The summed E-state index contributed by atoms with van der Waals surface area (Å²) in [4.78, 5) is 24.8. The van der Waals surface area contributed by atoms with Crippen molar-refractivity contribution < 1.29 is 9.59 Å². The summed E-state index contributed by atoms with van der Waals surface area (Å²) in [7, 11) is 0. The summed E-state index contributed by atoms with van der Waals surface area (Å²) in [6.07, 6.45) is 3.17. The van der Waals surface area contributed by atoms with Gasteiger partial charge in [-0.25, -0.2) is 0 Å². The molecule has 0 aliphatic carbocycles. The third-order valence-electron chi connectivity index (χ3n) is 4.47. The van der Waals surface area contributed by atoms with Crippen LogP contribution in [0.15, 0.2) is 36.7 Å². The highest BCUT2D eigenvalue weighted by molar-refractivity contribution is 6.07. The molecule has 0 spiro atoms. The zero-order chi connectivity index (χ0) is 17.6. The molecular formula is C18H19N5O2. The minimum atomic E-state index is -0.212. The van der Waals surface area contributed by atoms with Crippen LogP contribution < -0.4 is 10.6 Å². The Labute approximate surface area is 144 Å². The largest absolute Gasteiger partial charge is 0.350 e. The number of nitrogens with one attached hydrogen (secondary N) is 3. The summed E-state index contributed by atoms with van der Waals surface area (Å²) in [6.45, 7) is 5.56. The lowest BCUT2D eigenvalue weighted by Crippen LogP contribution is -2.31. The van der Waals surface area contributed by atoms with E-state index in [-0.39, 0.29) is 17.2 Å². The number of anilines is 1. The molecule has 0 bridgehead atoms. The molecule has 4 rings (SSSR count). The van der Waals surface area contributed by atoms with E-state index in [0.717, 1.165) is 10.9 Å². The van der Waals surface area contributed by atoms with E-state index >= 15 is 0 Å². The number of hydrogen-bond donors (Lipinski definition) is 3. The van der Waals surface area contributed by atoms with Crippen molar-refractivity contribution >= 4 is 28.4 Å². The quantitative estimate of drug-likeness (QED) is 0.670. The van der Waals surface area contributed by atoms with Gasteiger partial charge in [0.05, 0.1) is 11.9 Å². The van der Waals surface area contributed by atoms with Crippen LogP contribution in [-0.4, -0.2) is 33.1 Å². The fourth-order valence-electron chi connectivity index (χ4n) is 3.17. The Morgan fingerprint density at radius 3 is 2.92 bits per heavy atom. The SMILES string of the molecule is CC1(C)CNC(=O)c2cc3ccc(C(=O)Nc4cn[nH]c4)cc3n2C1. The molecule has 25 heavy (non-hydrogen) atoms. The summed E-state index contributed by atoms with van der Waals surface area (Å²) in [5.41, 5.74) is 2.60. The lowest BCUT2D eigenvalue weighted by atomic mass is 9.93. The predicted molar refractivity (Wildman–Crippen MR) is 94.6 cm³/mol. The first kappa shape index (κ1) is 15.4. The molecule has 1 aliphatic rings. The average Bonchev–Trinajstić information content (AvgIpc) is 3.18. The summed E-state index contributed by atoms with van der Waals surface area (Å²) in [5, 5.41) is 13.2. The van der Waals surface area contributed by atoms with Gasteiger partial charge in [0.25, 0.3) is 11.8 Å². The molecule has 0 radical (unpaired) electrons. The lowest BCUT2D eigenvalue weighted by Gasteiger charge is -2.23. The van der Waals surface area contributed by atoms with Gasteiger partial charge in [-0.05, 0) is 18.2 Å². The minimum Gasteiger partial charge on any atom is -0.350 e. The van der Waals surface area contributed by atoms with Crippen LogP contribution in [0.4, 0.5) is 5.69 Å². The van der Waals surface area contributed by atoms with Gasteiger partial charge in [-0.3, -0.25) is 14.7 Å². The number of amides is 2. The van der Waals surface area contributed by atoms with Crippen LogP contribution in [-0.2, 0) is 6.54 Å². The van der Waals surface area contributed by atoms with Crippen molar-refractivity contribution in [3.05, 3.63) is 47.9 Å². The molecule has 3 N–H and O–H groups in total. The first-order chi connectivity index (χ1) is 11.9. The molecule has 3 heterocycles. The number of carbonyl (C=O) groups excluding carboxylic acids is 2. The molecule has 0 unspecified atom stereocenters. The predicted octanol–water partition coefficient (Wildman–Crippen LogP) is 2.39. The highest BCUT2D eigenvalue weighted by Crippen LogP contribution is 2.28. The van der Waals surface area contributed by atoms with Crippen molar-refractivity contribution in [1.29, 1.82) is 0 Å². The summed E-state index contributed by atoms with van der Waals surface area (Å²) in [6, 6.07) is 7.36. The minimum absolute atomic E-state index is 0.0675. The van der Waals surface area contributed by atoms with Gasteiger partial charge in [0.15, 0.2) is 0 Å². The first-order valence-electron chi connectivity index (χ1n) is 8.15. The second-order valence-electron chi connectivity index (χ2n) is 7.18. The van der Waals surface area contributed by atoms with E-state index in [4.69, 9.17) is 0 Å². The number of H-pyrrole nitrogens is 1. The third-order valence-corrected chi connectivity index (χ3v) is 4.47. The van der Waals surface area contributed by atoms with Crippen LogP contribution in [0.3, 0.4) is 0 Å².